The van der Waals surface area contributed by atoms with Gasteiger partial charge in [-0.1, -0.05) is 0 Å². The van der Waals surface area contributed by atoms with Crippen LogP contribution in [-0.2, 0) is 11.3 Å². The van der Waals surface area contributed by atoms with Gasteiger partial charge in [0.2, 0.25) is 0 Å². The molecular weight excluding hydrogens is 219 g/mol. The molecular formula is C11H12F3NO. The van der Waals surface area contributed by atoms with E-state index in [-0.39, 0.29) is 24.3 Å². The second-order valence-corrected chi connectivity index (χ2v) is 4.04. The van der Waals surface area contributed by atoms with Crippen molar-refractivity contribution < 1.29 is 17.9 Å². The first-order valence-electron chi connectivity index (χ1n) is 5.07. The van der Waals surface area contributed by atoms with Crippen LogP contribution < -0.4 is 5.73 Å². The van der Waals surface area contributed by atoms with Gasteiger partial charge in [0.25, 0.3) is 0 Å². The third-order valence-corrected chi connectivity index (χ3v) is 2.66. The van der Waals surface area contributed by atoms with E-state index in [1.807, 2.05) is 0 Å². The highest BCUT2D eigenvalue weighted by molar-refractivity contribution is 5.18. The molecule has 1 aliphatic rings. The van der Waals surface area contributed by atoms with Crippen LogP contribution in [0.5, 0.6) is 0 Å². The van der Waals surface area contributed by atoms with Crippen LogP contribution in [0.3, 0.4) is 0 Å². The van der Waals surface area contributed by atoms with E-state index in [4.69, 9.17) is 10.5 Å². The van der Waals surface area contributed by atoms with E-state index in [9.17, 15) is 13.2 Å². The standard InChI is InChI=1S/C11H12F3NO/c12-9-1-6(2-10(13)11(9)14)5-16-8-3-7(15)4-8/h1-2,7-8H,3-5,15H2. The van der Waals surface area contributed by atoms with E-state index in [0.29, 0.717) is 0 Å². The van der Waals surface area contributed by atoms with Crippen LogP contribution >= 0.6 is 0 Å². The predicted molar refractivity (Wildman–Crippen MR) is 52.1 cm³/mol. The predicted octanol–water partition coefficient (Wildman–Crippen LogP) is 2.11. The molecule has 2 rings (SSSR count). The number of halogens is 3. The van der Waals surface area contributed by atoms with Crippen molar-refractivity contribution >= 4 is 0 Å². The Morgan fingerprint density at radius 2 is 1.75 bits per heavy atom. The third kappa shape index (κ3) is 2.36. The summed E-state index contributed by atoms with van der Waals surface area (Å²) in [5.74, 6) is -3.83. The molecule has 0 aromatic heterocycles. The second kappa shape index (κ2) is 4.43. The fourth-order valence-electron chi connectivity index (χ4n) is 1.65. The third-order valence-electron chi connectivity index (χ3n) is 2.66. The van der Waals surface area contributed by atoms with E-state index in [1.54, 1.807) is 0 Å². The average Bonchev–Trinajstić information content (AvgIpc) is 2.19. The van der Waals surface area contributed by atoms with Gasteiger partial charge in [-0.2, -0.15) is 0 Å². The van der Waals surface area contributed by atoms with E-state index < -0.39 is 17.5 Å². The van der Waals surface area contributed by atoms with Crippen molar-refractivity contribution in [2.24, 2.45) is 5.73 Å². The maximum Gasteiger partial charge on any atom is 0.194 e. The fourth-order valence-corrected chi connectivity index (χ4v) is 1.65. The van der Waals surface area contributed by atoms with Gasteiger partial charge in [0.1, 0.15) is 0 Å². The van der Waals surface area contributed by atoms with Crippen LogP contribution in [0.2, 0.25) is 0 Å². The molecule has 0 saturated heterocycles. The molecule has 0 aliphatic heterocycles. The molecule has 5 heteroatoms. The van der Waals surface area contributed by atoms with Gasteiger partial charge >= 0.3 is 0 Å². The van der Waals surface area contributed by atoms with Gasteiger partial charge in [-0.3, -0.25) is 0 Å². The fraction of sp³-hybridized carbons (Fsp3) is 0.455. The Morgan fingerprint density at radius 3 is 2.25 bits per heavy atom. The molecule has 88 valence electrons. The largest absolute Gasteiger partial charge is 0.373 e. The van der Waals surface area contributed by atoms with Crippen molar-refractivity contribution in [3.63, 3.8) is 0 Å². The molecule has 0 atom stereocenters. The lowest BCUT2D eigenvalue weighted by atomic mass is 9.90. The quantitative estimate of drug-likeness (QED) is 0.808. The summed E-state index contributed by atoms with van der Waals surface area (Å²) in [6.07, 6.45) is 1.56. The molecule has 0 bridgehead atoms. The van der Waals surface area contributed by atoms with E-state index in [2.05, 4.69) is 0 Å². The molecule has 1 fully saturated rings. The molecule has 2 N–H and O–H groups in total. The highest BCUT2D eigenvalue weighted by Crippen LogP contribution is 2.23. The van der Waals surface area contributed by atoms with Crippen LogP contribution in [0.15, 0.2) is 12.1 Å². The van der Waals surface area contributed by atoms with E-state index in [1.165, 1.54) is 0 Å². The van der Waals surface area contributed by atoms with Gasteiger partial charge in [0.15, 0.2) is 17.5 Å². The highest BCUT2D eigenvalue weighted by atomic mass is 19.2. The SMILES string of the molecule is NC1CC(OCc2cc(F)c(F)c(F)c2)C1. The molecule has 1 saturated carbocycles. The molecule has 0 spiro atoms. The molecule has 1 aromatic carbocycles. The second-order valence-electron chi connectivity index (χ2n) is 4.04. The molecule has 16 heavy (non-hydrogen) atoms. The Kier molecular flexibility index (Phi) is 3.16. The smallest absolute Gasteiger partial charge is 0.194 e. The summed E-state index contributed by atoms with van der Waals surface area (Å²) in [5.41, 5.74) is 5.85. The number of ether oxygens (including phenoxy) is 1. The number of hydrogen-bond acceptors (Lipinski definition) is 2. The topological polar surface area (TPSA) is 35.2 Å². The van der Waals surface area contributed by atoms with Crippen molar-refractivity contribution in [2.45, 2.75) is 31.6 Å². The molecule has 0 amide bonds. The number of nitrogens with two attached hydrogens (primary N) is 1. The van der Waals surface area contributed by atoms with E-state index in [0.717, 1.165) is 25.0 Å². The van der Waals surface area contributed by atoms with Gasteiger partial charge in [0.05, 0.1) is 12.7 Å². The van der Waals surface area contributed by atoms with Crippen LogP contribution in [0, 0.1) is 17.5 Å². The summed E-state index contributed by atoms with van der Waals surface area (Å²) in [6, 6.07) is 2.04. The molecule has 0 radical (unpaired) electrons. The van der Waals surface area contributed by atoms with Gasteiger partial charge < -0.3 is 10.5 Å². The van der Waals surface area contributed by atoms with Crippen molar-refractivity contribution in [3.05, 3.63) is 35.1 Å². The first kappa shape index (κ1) is 11.4. The minimum Gasteiger partial charge on any atom is -0.373 e. The molecule has 2 nitrogen and oxygen atoms in total. The normalized spacial score (nSPS) is 24.2. The lowest BCUT2D eigenvalue weighted by molar-refractivity contribution is -0.0190. The van der Waals surface area contributed by atoms with E-state index >= 15 is 0 Å². The summed E-state index contributed by atoms with van der Waals surface area (Å²) in [4.78, 5) is 0. The average molecular weight is 231 g/mol. The summed E-state index contributed by atoms with van der Waals surface area (Å²) in [6.45, 7) is 0.0749. The van der Waals surface area contributed by atoms with Crippen LogP contribution in [-0.4, -0.2) is 12.1 Å². The molecule has 0 heterocycles. The van der Waals surface area contributed by atoms with Crippen LogP contribution in [0.1, 0.15) is 18.4 Å². The van der Waals surface area contributed by atoms with Gasteiger partial charge in [0, 0.05) is 6.04 Å². The van der Waals surface area contributed by atoms with Crippen molar-refractivity contribution in [1.82, 2.24) is 0 Å². The first-order valence-corrected chi connectivity index (χ1v) is 5.07. The minimum absolute atomic E-state index is 0.0474. The first-order chi connectivity index (χ1) is 7.56. The number of benzene rings is 1. The van der Waals surface area contributed by atoms with Crippen molar-refractivity contribution in [2.75, 3.05) is 0 Å². The number of hydrogen-bond donors (Lipinski definition) is 1. The summed E-state index contributed by atoms with van der Waals surface area (Å²) < 4.78 is 43.6. The maximum atomic E-state index is 12.8. The lowest BCUT2D eigenvalue weighted by Crippen LogP contribution is -2.41. The minimum atomic E-state index is -1.45. The van der Waals surface area contributed by atoms with Gasteiger partial charge in [-0.15, -0.1) is 0 Å². The molecule has 1 aliphatic carbocycles. The monoisotopic (exact) mass is 231 g/mol. The maximum absolute atomic E-state index is 12.8. The Bertz CT molecular complexity index is 368. The van der Waals surface area contributed by atoms with Crippen LogP contribution in [0.4, 0.5) is 13.2 Å². The van der Waals surface area contributed by atoms with Gasteiger partial charge in [-0.25, -0.2) is 13.2 Å². The number of rotatable bonds is 3. The highest BCUT2D eigenvalue weighted by Gasteiger charge is 2.26. The van der Waals surface area contributed by atoms with Crippen LogP contribution in [0.25, 0.3) is 0 Å². The molecule has 1 aromatic rings. The van der Waals surface area contributed by atoms with Gasteiger partial charge in [-0.05, 0) is 30.5 Å². The zero-order valence-electron chi connectivity index (χ0n) is 8.55. The zero-order chi connectivity index (χ0) is 11.7. The Balaban J connectivity index is 1.94. The Labute approximate surface area is 91.2 Å². The Hall–Kier alpha value is -1.07. The summed E-state index contributed by atoms with van der Waals surface area (Å²) >= 11 is 0. The molecule has 0 unspecified atom stereocenters. The van der Waals surface area contributed by atoms with Crippen molar-refractivity contribution in [3.8, 4) is 0 Å². The summed E-state index contributed by atoms with van der Waals surface area (Å²) in [5, 5.41) is 0. The zero-order valence-corrected chi connectivity index (χ0v) is 8.55. The summed E-state index contributed by atoms with van der Waals surface area (Å²) in [7, 11) is 0. The Morgan fingerprint density at radius 1 is 1.19 bits per heavy atom. The lowest BCUT2D eigenvalue weighted by Gasteiger charge is -2.32. The van der Waals surface area contributed by atoms with Crippen molar-refractivity contribution in [1.29, 1.82) is 0 Å².